The fourth-order valence-electron chi connectivity index (χ4n) is 3.62. The van der Waals surface area contributed by atoms with E-state index in [2.05, 4.69) is 43.0 Å². The molecule has 0 spiro atoms. The van der Waals surface area contributed by atoms with Crippen LogP contribution in [0.25, 0.3) is 10.8 Å². The molecule has 26 heavy (non-hydrogen) atoms. The van der Waals surface area contributed by atoms with E-state index >= 15 is 0 Å². The molecule has 3 aromatic rings. The maximum Gasteiger partial charge on any atom is 0.236 e. The average Bonchev–Trinajstić information content (AvgIpc) is 3.29. The number of hydrogen-bond acceptors (Lipinski definition) is 5. The van der Waals surface area contributed by atoms with Gasteiger partial charge in [-0.05, 0) is 37.8 Å². The van der Waals surface area contributed by atoms with Gasteiger partial charge in [0.2, 0.25) is 5.89 Å². The van der Waals surface area contributed by atoms with Crippen molar-refractivity contribution in [1.29, 1.82) is 0 Å². The summed E-state index contributed by atoms with van der Waals surface area (Å²) in [5.41, 5.74) is 2.24. The molecule has 0 radical (unpaired) electrons. The molecule has 1 fully saturated rings. The van der Waals surface area contributed by atoms with Crippen molar-refractivity contribution in [2.24, 2.45) is 0 Å². The van der Waals surface area contributed by atoms with Crippen molar-refractivity contribution >= 4 is 11.3 Å². The fraction of sp³-hybridized carbons (Fsp3) is 0.381. The minimum Gasteiger partial charge on any atom is -0.440 e. The van der Waals surface area contributed by atoms with E-state index in [1.165, 1.54) is 5.56 Å². The first-order valence-corrected chi connectivity index (χ1v) is 9.94. The molecular formula is C21H24N2O2S. The quantitative estimate of drug-likeness (QED) is 0.645. The molecule has 3 unspecified atom stereocenters. The molecule has 3 heterocycles. The van der Waals surface area contributed by atoms with Crippen molar-refractivity contribution in [3.05, 3.63) is 64.9 Å². The van der Waals surface area contributed by atoms with Crippen molar-refractivity contribution < 1.29 is 9.15 Å². The van der Waals surface area contributed by atoms with Crippen LogP contribution in [-0.2, 0) is 11.3 Å². The van der Waals surface area contributed by atoms with Crippen molar-refractivity contribution in [3.8, 4) is 10.8 Å². The molecule has 0 amide bonds. The molecule has 0 aliphatic carbocycles. The van der Waals surface area contributed by atoms with Gasteiger partial charge in [-0.1, -0.05) is 36.4 Å². The van der Waals surface area contributed by atoms with Crippen LogP contribution in [0.5, 0.6) is 0 Å². The van der Waals surface area contributed by atoms with Gasteiger partial charge in [0.25, 0.3) is 0 Å². The average molecular weight is 369 g/mol. The second kappa shape index (κ2) is 7.35. The lowest BCUT2D eigenvalue weighted by molar-refractivity contribution is -0.0997. The van der Waals surface area contributed by atoms with E-state index in [4.69, 9.17) is 14.1 Å². The van der Waals surface area contributed by atoms with Gasteiger partial charge in [0.1, 0.15) is 5.76 Å². The number of morpholine rings is 1. The van der Waals surface area contributed by atoms with Crippen LogP contribution in [0.1, 0.15) is 37.0 Å². The standard InChI is InChI=1S/C21H24N2O2S/c1-14-13-24-20(17-8-5-4-6-9-17)15(2)23(14)12-18-16(3)25-21(22-18)19-10-7-11-26-19/h4-11,14-15,20H,12-13H2,1-3H3. The molecule has 0 N–H and O–H groups in total. The molecule has 2 aromatic heterocycles. The largest absolute Gasteiger partial charge is 0.440 e. The van der Waals surface area contributed by atoms with Crippen LogP contribution in [0.3, 0.4) is 0 Å². The molecule has 0 saturated carbocycles. The molecular weight excluding hydrogens is 344 g/mol. The highest BCUT2D eigenvalue weighted by atomic mass is 32.1. The monoisotopic (exact) mass is 368 g/mol. The van der Waals surface area contributed by atoms with Crippen molar-refractivity contribution in [3.63, 3.8) is 0 Å². The molecule has 4 rings (SSSR count). The highest BCUT2D eigenvalue weighted by Gasteiger charge is 2.35. The Kier molecular flexibility index (Phi) is 4.94. The lowest BCUT2D eigenvalue weighted by Crippen LogP contribution is -2.50. The van der Waals surface area contributed by atoms with Crippen LogP contribution in [0, 0.1) is 6.92 Å². The summed E-state index contributed by atoms with van der Waals surface area (Å²) < 4.78 is 12.1. The highest BCUT2D eigenvalue weighted by molar-refractivity contribution is 7.13. The highest BCUT2D eigenvalue weighted by Crippen LogP contribution is 2.33. The van der Waals surface area contributed by atoms with E-state index in [-0.39, 0.29) is 12.1 Å². The number of oxazole rings is 1. The van der Waals surface area contributed by atoms with Gasteiger partial charge < -0.3 is 9.15 Å². The van der Waals surface area contributed by atoms with Gasteiger partial charge in [0, 0.05) is 18.6 Å². The Hall–Kier alpha value is -1.95. The molecule has 136 valence electrons. The minimum absolute atomic E-state index is 0.0800. The number of nitrogens with zero attached hydrogens (tertiary/aromatic N) is 2. The molecule has 4 nitrogen and oxygen atoms in total. The smallest absolute Gasteiger partial charge is 0.236 e. The maximum absolute atomic E-state index is 6.17. The molecule has 1 aromatic carbocycles. The third-order valence-electron chi connectivity index (χ3n) is 5.13. The summed E-state index contributed by atoms with van der Waals surface area (Å²) in [6.07, 6.45) is 0.0800. The molecule has 1 saturated heterocycles. The Morgan fingerprint density at radius 1 is 1.15 bits per heavy atom. The first kappa shape index (κ1) is 17.5. The molecule has 0 bridgehead atoms. The number of rotatable bonds is 4. The number of aryl methyl sites for hydroxylation is 1. The normalized spacial score (nSPS) is 24.0. The van der Waals surface area contributed by atoms with Crippen molar-refractivity contribution in [2.75, 3.05) is 6.61 Å². The molecule has 1 aliphatic heterocycles. The number of aromatic nitrogens is 1. The minimum atomic E-state index is 0.0800. The van der Waals surface area contributed by atoms with Gasteiger partial charge in [-0.3, -0.25) is 4.90 Å². The summed E-state index contributed by atoms with van der Waals surface area (Å²) in [6.45, 7) is 7.95. The van der Waals surface area contributed by atoms with Gasteiger partial charge in [-0.25, -0.2) is 4.98 Å². The zero-order valence-corrected chi connectivity index (χ0v) is 16.2. The van der Waals surface area contributed by atoms with Crippen LogP contribution in [0.4, 0.5) is 0 Å². The van der Waals surface area contributed by atoms with Crippen molar-refractivity contribution in [1.82, 2.24) is 9.88 Å². The van der Waals surface area contributed by atoms with Crippen LogP contribution < -0.4 is 0 Å². The van der Waals surface area contributed by atoms with Crippen LogP contribution in [0.2, 0.25) is 0 Å². The Morgan fingerprint density at radius 2 is 1.96 bits per heavy atom. The molecule has 3 atom stereocenters. The van der Waals surface area contributed by atoms with E-state index < -0.39 is 0 Å². The van der Waals surface area contributed by atoms with Crippen LogP contribution in [-0.4, -0.2) is 28.6 Å². The van der Waals surface area contributed by atoms with Crippen LogP contribution >= 0.6 is 11.3 Å². The SMILES string of the molecule is Cc1oc(-c2cccs2)nc1CN1C(C)COC(c2ccccc2)C1C. The zero-order valence-electron chi connectivity index (χ0n) is 15.4. The van der Waals surface area contributed by atoms with E-state index in [1.807, 2.05) is 30.5 Å². The van der Waals surface area contributed by atoms with E-state index in [0.717, 1.165) is 35.4 Å². The van der Waals surface area contributed by atoms with Gasteiger partial charge >= 0.3 is 0 Å². The predicted molar refractivity (Wildman–Crippen MR) is 104 cm³/mol. The van der Waals surface area contributed by atoms with Crippen molar-refractivity contribution in [2.45, 2.75) is 45.5 Å². The lowest BCUT2D eigenvalue weighted by Gasteiger charge is -2.43. The number of ether oxygens (including phenoxy) is 1. The topological polar surface area (TPSA) is 38.5 Å². The summed E-state index contributed by atoms with van der Waals surface area (Å²) in [4.78, 5) is 8.32. The zero-order chi connectivity index (χ0) is 18.1. The number of benzene rings is 1. The van der Waals surface area contributed by atoms with Gasteiger partial charge in [-0.2, -0.15) is 0 Å². The Bertz CT molecular complexity index is 844. The summed E-state index contributed by atoms with van der Waals surface area (Å²) in [7, 11) is 0. The first-order valence-electron chi connectivity index (χ1n) is 9.06. The predicted octanol–water partition coefficient (Wildman–Crippen LogP) is 5.06. The summed E-state index contributed by atoms with van der Waals surface area (Å²) >= 11 is 1.65. The number of thiophene rings is 1. The third kappa shape index (κ3) is 3.34. The van der Waals surface area contributed by atoms with E-state index in [0.29, 0.717) is 6.04 Å². The summed E-state index contributed by atoms with van der Waals surface area (Å²) in [5.74, 6) is 1.62. The maximum atomic E-state index is 6.17. The third-order valence-corrected chi connectivity index (χ3v) is 5.99. The summed E-state index contributed by atoms with van der Waals surface area (Å²) in [5, 5.41) is 2.05. The van der Waals surface area contributed by atoms with Crippen LogP contribution in [0.15, 0.2) is 52.3 Å². The van der Waals surface area contributed by atoms with Gasteiger partial charge in [-0.15, -0.1) is 11.3 Å². The Balaban J connectivity index is 1.56. The lowest BCUT2D eigenvalue weighted by atomic mass is 9.98. The van der Waals surface area contributed by atoms with E-state index in [1.54, 1.807) is 11.3 Å². The Labute approximate surface area is 158 Å². The molecule has 5 heteroatoms. The summed E-state index contributed by atoms with van der Waals surface area (Å²) in [6, 6.07) is 15.2. The second-order valence-corrected chi connectivity index (χ2v) is 7.87. The van der Waals surface area contributed by atoms with E-state index in [9.17, 15) is 0 Å². The Morgan fingerprint density at radius 3 is 2.69 bits per heavy atom. The first-order chi connectivity index (χ1) is 12.6. The number of hydrogen-bond donors (Lipinski definition) is 0. The van der Waals surface area contributed by atoms with Gasteiger partial charge in [0.05, 0.1) is 23.3 Å². The second-order valence-electron chi connectivity index (χ2n) is 6.93. The molecule has 1 aliphatic rings. The fourth-order valence-corrected chi connectivity index (χ4v) is 4.27. The van der Waals surface area contributed by atoms with Gasteiger partial charge in [0.15, 0.2) is 0 Å².